The topological polar surface area (TPSA) is 24.9 Å². The molecule has 1 aromatic heterocycles. The molecule has 1 fully saturated rings. The summed E-state index contributed by atoms with van der Waals surface area (Å²) in [4.78, 5) is 3.65. The number of nitrogens with zero attached hydrogens (tertiary/aromatic N) is 1. The third-order valence-corrected chi connectivity index (χ3v) is 2.46. The van der Waals surface area contributed by atoms with Crippen molar-refractivity contribution < 1.29 is 4.39 Å². The van der Waals surface area contributed by atoms with Gasteiger partial charge in [-0.1, -0.05) is 12.5 Å². The van der Waals surface area contributed by atoms with Crippen molar-refractivity contribution in [2.75, 3.05) is 6.54 Å². The average Bonchev–Trinajstić information content (AvgIpc) is 2.20. The van der Waals surface area contributed by atoms with E-state index < -0.39 is 5.95 Å². The van der Waals surface area contributed by atoms with E-state index in [1.807, 2.05) is 6.07 Å². The Bertz CT molecular complexity index is 265. The monoisotopic (exact) mass is 180 g/mol. The molecule has 0 unspecified atom stereocenters. The molecule has 1 aromatic rings. The fourth-order valence-corrected chi connectivity index (χ4v) is 1.73. The van der Waals surface area contributed by atoms with Crippen LogP contribution in [0.1, 0.15) is 30.9 Å². The molecule has 13 heavy (non-hydrogen) atoms. The smallest absolute Gasteiger partial charge is 0.212 e. The number of pyridine rings is 1. The van der Waals surface area contributed by atoms with Crippen LogP contribution in [0.5, 0.6) is 0 Å². The highest BCUT2D eigenvalue weighted by atomic mass is 19.1. The Hall–Kier alpha value is -0.960. The SMILES string of the molecule is Fc1ccc([C@@H]2CCCCN2)cn1. The van der Waals surface area contributed by atoms with Gasteiger partial charge in [-0.05, 0) is 31.0 Å². The molecule has 70 valence electrons. The maximum Gasteiger partial charge on any atom is 0.212 e. The zero-order valence-electron chi connectivity index (χ0n) is 7.46. The molecule has 2 nitrogen and oxygen atoms in total. The number of halogens is 1. The van der Waals surface area contributed by atoms with Gasteiger partial charge in [-0.15, -0.1) is 0 Å². The van der Waals surface area contributed by atoms with Crippen LogP contribution in [0.4, 0.5) is 4.39 Å². The van der Waals surface area contributed by atoms with Crippen LogP contribution in [0, 0.1) is 5.95 Å². The maximum atomic E-state index is 12.5. The largest absolute Gasteiger partial charge is 0.310 e. The van der Waals surface area contributed by atoms with Gasteiger partial charge in [-0.2, -0.15) is 4.39 Å². The minimum absolute atomic E-state index is 0.377. The van der Waals surface area contributed by atoms with Gasteiger partial charge in [-0.3, -0.25) is 0 Å². The average molecular weight is 180 g/mol. The molecule has 0 aromatic carbocycles. The summed E-state index contributed by atoms with van der Waals surface area (Å²) < 4.78 is 12.5. The van der Waals surface area contributed by atoms with Gasteiger partial charge in [0.05, 0.1) is 0 Å². The first-order chi connectivity index (χ1) is 6.36. The summed E-state index contributed by atoms with van der Waals surface area (Å²) in [6.07, 6.45) is 5.24. The highest BCUT2D eigenvalue weighted by Crippen LogP contribution is 2.21. The summed E-state index contributed by atoms with van der Waals surface area (Å²) in [6, 6.07) is 3.61. The second-order valence-corrected chi connectivity index (χ2v) is 3.42. The Morgan fingerprint density at radius 2 is 2.31 bits per heavy atom. The maximum absolute atomic E-state index is 12.5. The summed E-state index contributed by atoms with van der Waals surface area (Å²) in [7, 11) is 0. The van der Waals surface area contributed by atoms with E-state index in [-0.39, 0.29) is 0 Å². The lowest BCUT2D eigenvalue weighted by Crippen LogP contribution is -2.26. The molecule has 0 aliphatic carbocycles. The van der Waals surface area contributed by atoms with Crippen LogP contribution >= 0.6 is 0 Å². The van der Waals surface area contributed by atoms with Gasteiger partial charge in [-0.25, -0.2) is 4.98 Å². The second-order valence-electron chi connectivity index (χ2n) is 3.42. The van der Waals surface area contributed by atoms with Gasteiger partial charge >= 0.3 is 0 Å². The molecule has 3 heteroatoms. The standard InChI is InChI=1S/C10H13FN2/c11-10-5-4-8(7-13-10)9-3-1-2-6-12-9/h4-5,7,9,12H,1-3,6H2/t9-/m0/s1. The number of piperidine rings is 1. The zero-order valence-corrected chi connectivity index (χ0v) is 7.46. The summed E-state index contributed by atoms with van der Waals surface area (Å²) >= 11 is 0. The first-order valence-corrected chi connectivity index (χ1v) is 4.71. The van der Waals surface area contributed by atoms with Crippen LogP contribution in [-0.2, 0) is 0 Å². The molecular weight excluding hydrogens is 167 g/mol. The normalized spacial score (nSPS) is 23.0. The molecule has 2 rings (SSSR count). The number of hydrogen-bond donors (Lipinski definition) is 1. The lowest BCUT2D eigenvalue weighted by molar-refractivity contribution is 0.410. The third-order valence-electron chi connectivity index (χ3n) is 2.46. The molecule has 0 saturated carbocycles. The van der Waals surface area contributed by atoms with Gasteiger partial charge in [0.25, 0.3) is 0 Å². The van der Waals surface area contributed by atoms with Crippen LogP contribution in [0.15, 0.2) is 18.3 Å². The molecule has 0 amide bonds. The molecule has 1 aliphatic heterocycles. The molecule has 1 N–H and O–H groups in total. The minimum atomic E-state index is -0.403. The van der Waals surface area contributed by atoms with Gasteiger partial charge in [0.15, 0.2) is 0 Å². The lowest BCUT2D eigenvalue weighted by Gasteiger charge is -2.23. The Balaban J connectivity index is 2.10. The van der Waals surface area contributed by atoms with E-state index in [0.717, 1.165) is 18.5 Å². The van der Waals surface area contributed by atoms with Crippen LogP contribution in [-0.4, -0.2) is 11.5 Å². The minimum Gasteiger partial charge on any atom is -0.310 e. The first kappa shape index (κ1) is 8.63. The van der Waals surface area contributed by atoms with E-state index in [9.17, 15) is 4.39 Å². The fraction of sp³-hybridized carbons (Fsp3) is 0.500. The summed E-state index contributed by atoms with van der Waals surface area (Å²) in [6.45, 7) is 1.06. The van der Waals surface area contributed by atoms with E-state index in [1.54, 1.807) is 6.20 Å². The summed E-state index contributed by atoms with van der Waals surface area (Å²) in [5, 5.41) is 3.39. The number of aromatic nitrogens is 1. The van der Waals surface area contributed by atoms with Crippen molar-refractivity contribution >= 4 is 0 Å². The van der Waals surface area contributed by atoms with Gasteiger partial charge in [0.2, 0.25) is 5.95 Å². The molecule has 1 saturated heterocycles. The van der Waals surface area contributed by atoms with Crippen LogP contribution in [0.3, 0.4) is 0 Å². The van der Waals surface area contributed by atoms with Crippen molar-refractivity contribution in [1.82, 2.24) is 10.3 Å². The first-order valence-electron chi connectivity index (χ1n) is 4.71. The predicted molar refractivity (Wildman–Crippen MR) is 48.8 cm³/mol. The van der Waals surface area contributed by atoms with Crippen molar-refractivity contribution in [2.24, 2.45) is 0 Å². The second kappa shape index (κ2) is 3.83. The molecule has 1 atom stereocenters. The lowest BCUT2D eigenvalue weighted by atomic mass is 9.99. The molecule has 0 bridgehead atoms. The Kier molecular flexibility index (Phi) is 2.54. The number of nitrogens with one attached hydrogen (secondary N) is 1. The summed E-state index contributed by atoms with van der Waals surface area (Å²) in [5.74, 6) is -0.403. The van der Waals surface area contributed by atoms with E-state index in [1.165, 1.54) is 18.9 Å². The van der Waals surface area contributed by atoms with Crippen molar-refractivity contribution in [1.29, 1.82) is 0 Å². The Morgan fingerprint density at radius 1 is 1.38 bits per heavy atom. The predicted octanol–water partition coefficient (Wildman–Crippen LogP) is 2.04. The highest BCUT2D eigenvalue weighted by molar-refractivity contribution is 5.14. The number of hydrogen-bond acceptors (Lipinski definition) is 2. The molecule has 1 aliphatic rings. The van der Waals surface area contributed by atoms with Crippen molar-refractivity contribution in [3.8, 4) is 0 Å². The van der Waals surface area contributed by atoms with E-state index in [0.29, 0.717) is 6.04 Å². The molecular formula is C10H13FN2. The van der Waals surface area contributed by atoms with Crippen molar-refractivity contribution in [3.63, 3.8) is 0 Å². The fourth-order valence-electron chi connectivity index (χ4n) is 1.73. The van der Waals surface area contributed by atoms with Gasteiger partial charge in [0.1, 0.15) is 0 Å². The van der Waals surface area contributed by atoms with E-state index in [2.05, 4.69) is 10.3 Å². The Morgan fingerprint density at radius 3 is 2.92 bits per heavy atom. The Labute approximate surface area is 77.2 Å². The third kappa shape index (κ3) is 2.04. The molecule has 0 spiro atoms. The van der Waals surface area contributed by atoms with E-state index >= 15 is 0 Å². The molecule has 0 radical (unpaired) electrons. The zero-order chi connectivity index (χ0) is 9.10. The van der Waals surface area contributed by atoms with Gasteiger partial charge < -0.3 is 5.32 Å². The van der Waals surface area contributed by atoms with Crippen molar-refractivity contribution in [3.05, 3.63) is 29.8 Å². The van der Waals surface area contributed by atoms with Crippen LogP contribution in [0.2, 0.25) is 0 Å². The van der Waals surface area contributed by atoms with Crippen LogP contribution < -0.4 is 5.32 Å². The van der Waals surface area contributed by atoms with Crippen LogP contribution in [0.25, 0.3) is 0 Å². The highest BCUT2D eigenvalue weighted by Gasteiger charge is 2.14. The number of rotatable bonds is 1. The van der Waals surface area contributed by atoms with Gasteiger partial charge in [0, 0.05) is 12.2 Å². The van der Waals surface area contributed by atoms with E-state index in [4.69, 9.17) is 0 Å². The quantitative estimate of drug-likeness (QED) is 0.669. The molecule has 2 heterocycles. The summed E-state index contributed by atoms with van der Waals surface area (Å²) in [5.41, 5.74) is 1.10. The van der Waals surface area contributed by atoms with Crippen molar-refractivity contribution in [2.45, 2.75) is 25.3 Å².